The lowest BCUT2D eigenvalue weighted by atomic mass is 10.1. The average Bonchev–Trinajstić information content (AvgIpc) is 2.53. The van der Waals surface area contributed by atoms with Crippen LogP contribution in [0.15, 0.2) is 42.6 Å². The van der Waals surface area contributed by atoms with Gasteiger partial charge in [-0.05, 0) is 30.3 Å². The summed E-state index contributed by atoms with van der Waals surface area (Å²) >= 11 is 0. The van der Waals surface area contributed by atoms with Crippen molar-refractivity contribution in [2.45, 2.75) is 19.6 Å². The number of para-hydroxylation sites is 1. The SMILES string of the molecule is CCNCc1ccccc1NC(=O)c1ccc(C(F)(F)F)nc1. The van der Waals surface area contributed by atoms with Crippen LogP contribution in [0.4, 0.5) is 18.9 Å². The van der Waals surface area contributed by atoms with E-state index in [2.05, 4.69) is 15.6 Å². The molecule has 0 radical (unpaired) electrons. The topological polar surface area (TPSA) is 54.0 Å². The summed E-state index contributed by atoms with van der Waals surface area (Å²) in [6.45, 7) is 3.33. The van der Waals surface area contributed by atoms with Gasteiger partial charge in [-0.15, -0.1) is 0 Å². The fourth-order valence-electron chi connectivity index (χ4n) is 1.95. The van der Waals surface area contributed by atoms with Crippen molar-refractivity contribution >= 4 is 11.6 Å². The molecule has 0 saturated heterocycles. The van der Waals surface area contributed by atoms with Crippen LogP contribution in [0, 0.1) is 0 Å². The maximum atomic E-state index is 12.5. The van der Waals surface area contributed by atoms with Crippen molar-refractivity contribution in [3.8, 4) is 0 Å². The highest BCUT2D eigenvalue weighted by atomic mass is 19.4. The molecule has 1 aromatic heterocycles. The molecule has 1 heterocycles. The number of nitrogens with zero attached hydrogens (tertiary/aromatic N) is 1. The third-order valence-corrected chi connectivity index (χ3v) is 3.15. The van der Waals surface area contributed by atoms with Gasteiger partial charge in [0, 0.05) is 18.4 Å². The zero-order valence-corrected chi connectivity index (χ0v) is 12.4. The lowest BCUT2D eigenvalue weighted by molar-refractivity contribution is -0.141. The first-order valence-electron chi connectivity index (χ1n) is 7.05. The minimum absolute atomic E-state index is 0.0660. The number of benzene rings is 1. The summed E-state index contributed by atoms with van der Waals surface area (Å²) in [5.74, 6) is -0.504. The number of hydrogen-bond acceptors (Lipinski definition) is 3. The molecule has 1 amide bonds. The Hall–Kier alpha value is -2.41. The second kappa shape index (κ2) is 7.23. The minimum atomic E-state index is -4.52. The molecule has 0 aliphatic carbocycles. The molecule has 2 aromatic rings. The Labute approximate surface area is 131 Å². The summed E-state index contributed by atoms with van der Waals surface area (Å²) in [5.41, 5.74) is 0.541. The predicted octanol–water partition coefficient (Wildman–Crippen LogP) is 3.46. The molecule has 1 aromatic carbocycles. The standard InChI is InChI=1S/C16H16F3N3O/c1-2-20-9-11-5-3-4-6-13(11)22-15(23)12-7-8-14(21-10-12)16(17,18)19/h3-8,10,20H,2,9H2,1H3,(H,22,23). The van der Waals surface area contributed by atoms with Crippen molar-refractivity contribution in [2.24, 2.45) is 0 Å². The number of carbonyl (C=O) groups is 1. The molecule has 4 nitrogen and oxygen atoms in total. The van der Waals surface area contributed by atoms with E-state index in [4.69, 9.17) is 0 Å². The van der Waals surface area contributed by atoms with Crippen LogP contribution in [0.2, 0.25) is 0 Å². The molecule has 0 aliphatic rings. The number of amides is 1. The van der Waals surface area contributed by atoms with Gasteiger partial charge >= 0.3 is 6.18 Å². The lowest BCUT2D eigenvalue weighted by Crippen LogP contribution is -2.17. The molecule has 2 rings (SSSR count). The Balaban J connectivity index is 2.13. The van der Waals surface area contributed by atoms with Crippen molar-refractivity contribution in [1.29, 1.82) is 0 Å². The highest BCUT2D eigenvalue weighted by Gasteiger charge is 2.32. The predicted molar refractivity (Wildman–Crippen MR) is 81.0 cm³/mol. The Morgan fingerprint density at radius 2 is 1.91 bits per heavy atom. The number of anilines is 1. The number of alkyl halides is 3. The summed E-state index contributed by atoms with van der Waals surface area (Å²) in [4.78, 5) is 15.4. The number of pyridine rings is 1. The Morgan fingerprint density at radius 3 is 2.52 bits per heavy atom. The largest absolute Gasteiger partial charge is 0.433 e. The van der Waals surface area contributed by atoms with E-state index in [1.165, 1.54) is 0 Å². The molecule has 0 atom stereocenters. The quantitative estimate of drug-likeness (QED) is 0.886. The van der Waals surface area contributed by atoms with Crippen LogP contribution in [0.1, 0.15) is 28.5 Å². The summed E-state index contributed by atoms with van der Waals surface area (Å²) in [7, 11) is 0. The van der Waals surface area contributed by atoms with Gasteiger partial charge in [0.15, 0.2) is 0 Å². The van der Waals surface area contributed by atoms with E-state index in [1.54, 1.807) is 12.1 Å². The second-order valence-electron chi connectivity index (χ2n) is 4.82. The summed E-state index contributed by atoms with van der Waals surface area (Å²) < 4.78 is 37.4. The minimum Gasteiger partial charge on any atom is -0.322 e. The summed E-state index contributed by atoms with van der Waals surface area (Å²) in [6.07, 6.45) is -3.60. The number of halogens is 3. The van der Waals surface area contributed by atoms with Crippen LogP contribution in [0.25, 0.3) is 0 Å². The van der Waals surface area contributed by atoms with E-state index >= 15 is 0 Å². The van der Waals surface area contributed by atoms with Crippen LogP contribution in [-0.4, -0.2) is 17.4 Å². The van der Waals surface area contributed by atoms with E-state index in [0.29, 0.717) is 12.2 Å². The summed E-state index contributed by atoms with van der Waals surface area (Å²) in [5, 5.41) is 5.85. The first-order chi connectivity index (χ1) is 10.9. The second-order valence-corrected chi connectivity index (χ2v) is 4.82. The molecular formula is C16H16F3N3O. The molecule has 122 valence electrons. The summed E-state index contributed by atoms with van der Waals surface area (Å²) in [6, 6.07) is 9.13. The van der Waals surface area contributed by atoms with E-state index in [0.717, 1.165) is 30.4 Å². The normalized spacial score (nSPS) is 11.3. The van der Waals surface area contributed by atoms with Gasteiger partial charge in [0.1, 0.15) is 5.69 Å². The van der Waals surface area contributed by atoms with Crippen molar-refractivity contribution in [1.82, 2.24) is 10.3 Å². The maximum absolute atomic E-state index is 12.5. The third kappa shape index (κ3) is 4.53. The third-order valence-electron chi connectivity index (χ3n) is 3.15. The molecule has 23 heavy (non-hydrogen) atoms. The van der Waals surface area contributed by atoms with Crippen molar-refractivity contribution in [3.63, 3.8) is 0 Å². The fourth-order valence-corrected chi connectivity index (χ4v) is 1.95. The van der Waals surface area contributed by atoms with Gasteiger partial charge in [-0.25, -0.2) is 0 Å². The van der Waals surface area contributed by atoms with E-state index in [9.17, 15) is 18.0 Å². The monoisotopic (exact) mass is 323 g/mol. The number of nitrogens with one attached hydrogen (secondary N) is 2. The molecule has 0 spiro atoms. The molecular weight excluding hydrogens is 307 g/mol. The van der Waals surface area contributed by atoms with E-state index in [-0.39, 0.29) is 5.56 Å². The van der Waals surface area contributed by atoms with Crippen LogP contribution in [0.5, 0.6) is 0 Å². The molecule has 0 bridgehead atoms. The van der Waals surface area contributed by atoms with Gasteiger partial charge in [-0.1, -0.05) is 25.1 Å². The smallest absolute Gasteiger partial charge is 0.322 e. The van der Waals surface area contributed by atoms with Gasteiger partial charge in [0.25, 0.3) is 5.91 Å². The molecule has 0 fully saturated rings. The van der Waals surface area contributed by atoms with Gasteiger partial charge in [-0.2, -0.15) is 13.2 Å². The molecule has 0 saturated carbocycles. The number of carbonyl (C=O) groups excluding carboxylic acids is 1. The molecule has 7 heteroatoms. The zero-order valence-electron chi connectivity index (χ0n) is 12.4. The molecule has 2 N–H and O–H groups in total. The first-order valence-corrected chi connectivity index (χ1v) is 7.05. The van der Waals surface area contributed by atoms with Gasteiger partial charge in [0.05, 0.1) is 5.56 Å². The Morgan fingerprint density at radius 1 is 1.17 bits per heavy atom. The Kier molecular flexibility index (Phi) is 5.33. The van der Waals surface area contributed by atoms with Gasteiger partial charge in [-0.3, -0.25) is 9.78 Å². The van der Waals surface area contributed by atoms with Gasteiger partial charge in [0.2, 0.25) is 0 Å². The first kappa shape index (κ1) is 17.0. The highest BCUT2D eigenvalue weighted by Crippen LogP contribution is 2.27. The van der Waals surface area contributed by atoms with Crippen molar-refractivity contribution in [2.75, 3.05) is 11.9 Å². The lowest BCUT2D eigenvalue weighted by Gasteiger charge is -2.12. The molecule has 0 aliphatic heterocycles. The number of hydrogen-bond donors (Lipinski definition) is 2. The van der Waals surface area contributed by atoms with Crippen molar-refractivity contribution < 1.29 is 18.0 Å². The van der Waals surface area contributed by atoms with Crippen molar-refractivity contribution in [3.05, 3.63) is 59.4 Å². The van der Waals surface area contributed by atoms with Crippen LogP contribution >= 0.6 is 0 Å². The highest BCUT2D eigenvalue weighted by molar-refractivity contribution is 6.04. The fraction of sp³-hybridized carbons (Fsp3) is 0.250. The molecule has 0 unspecified atom stereocenters. The van der Waals surface area contributed by atoms with Gasteiger partial charge < -0.3 is 10.6 Å². The van der Waals surface area contributed by atoms with Crippen LogP contribution in [0.3, 0.4) is 0 Å². The number of rotatable bonds is 5. The maximum Gasteiger partial charge on any atom is 0.433 e. The van der Waals surface area contributed by atoms with E-state index in [1.807, 2.05) is 19.1 Å². The van der Waals surface area contributed by atoms with Crippen LogP contribution in [-0.2, 0) is 12.7 Å². The zero-order chi connectivity index (χ0) is 16.9. The van der Waals surface area contributed by atoms with Crippen LogP contribution < -0.4 is 10.6 Å². The average molecular weight is 323 g/mol. The Bertz CT molecular complexity index is 669. The number of aromatic nitrogens is 1. The van der Waals surface area contributed by atoms with E-state index < -0.39 is 17.8 Å².